The molecule has 1 aliphatic rings. The van der Waals surface area contributed by atoms with Gasteiger partial charge in [0.25, 0.3) is 0 Å². The summed E-state index contributed by atoms with van der Waals surface area (Å²) in [6.07, 6.45) is 0.449. The Morgan fingerprint density at radius 2 is 2.08 bits per heavy atom. The zero-order valence-electron chi connectivity index (χ0n) is 7.37. The molecule has 0 amide bonds. The predicted octanol–water partition coefficient (Wildman–Crippen LogP) is 2.62. The average molecular weight is 243 g/mol. The highest BCUT2D eigenvalue weighted by atomic mass is 79.9. The Bertz CT molecular complexity index is 279. The van der Waals surface area contributed by atoms with Crippen LogP contribution in [0.5, 0.6) is 5.75 Å². The first kappa shape index (κ1) is 9.03. The number of hydrogen-bond donors (Lipinski definition) is 0. The maximum absolute atomic E-state index is 5.65. The number of rotatable bonds is 3. The van der Waals surface area contributed by atoms with Gasteiger partial charge in [0.2, 0.25) is 0 Å². The first-order valence-electron chi connectivity index (χ1n) is 4.29. The Morgan fingerprint density at radius 1 is 1.46 bits per heavy atom. The van der Waals surface area contributed by atoms with Crippen molar-refractivity contribution in [2.75, 3.05) is 6.61 Å². The van der Waals surface area contributed by atoms with Gasteiger partial charge in [-0.3, -0.25) is 0 Å². The van der Waals surface area contributed by atoms with Gasteiger partial charge in [-0.25, -0.2) is 0 Å². The van der Waals surface area contributed by atoms with Crippen LogP contribution >= 0.6 is 15.9 Å². The normalized spacial score (nSPS) is 22.5. The fourth-order valence-corrected chi connectivity index (χ4v) is 1.39. The molecule has 0 unspecified atom stereocenters. The van der Waals surface area contributed by atoms with E-state index in [1.165, 1.54) is 0 Å². The van der Waals surface area contributed by atoms with E-state index in [1.54, 1.807) is 0 Å². The SMILES string of the molecule is C[C@@H](Oc1ccc(Br)cc1)[C@@H]1CO1. The first-order chi connectivity index (χ1) is 6.25. The second kappa shape index (κ2) is 3.68. The van der Waals surface area contributed by atoms with Crippen LogP contribution in [-0.2, 0) is 4.74 Å². The van der Waals surface area contributed by atoms with E-state index in [-0.39, 0.29) is 6.10 Å². The predicted molar refractivity (Wildman–Crippen MR) is 54.0 cm³/mol. The first-order valence-corrected chi connectivity index (χ1v) is 5.09. The summed E-state index contributed by atoms with van der Waals surface area (Å²) in [4.78, 5) is 0. The molecule has 1 aromatic carbocycles. The van der Waals surface area contributed by atoms with E-state index in [1.807, 2.05) is 31.2 Å². The van der Waals surface area contributed by atoms with Gasteiger partial charge in [-0.1, -0.05) is 15.9 Å². The minimum Gasteiger partial charge on any atom is -0.488 e. The average Bonchev–Trinajstić information content (AvgIpc) is 2.91. The summed E-state index contributed by atoms with van der Waals surface area (Å²) >= 11 is 3.37. The van der Waals surface area contributed by atoms with Crippen LogP contribution in [0.3, 0.4) is 0 Å². The highest BCUT2D eigenvalue weighted by Crippen LogP contribution is 2.22. The van der Waals surface area contributed by atoms with Gasteiger partial charge in [-0.2, -0.15) is 0 Å². The molecule has 2 nitrogen and oxygen atoms in total. The third-order valence-electron chi connectivity index (χ3n) is 2.02. The molecule has 2 rings (SSSR count). The lowest BCUT2D eigenvalue weighted by Crippen LogP contribution is -2.18. The molecular weight excluding hydrogens is 232 g/mol. The van der Waals surface area contributed by atoms with Gasteiger partial charge in [0, 0.05) is 4.47 Å². The molecule has 70 valence electrons. The van der Waals surface area contributed by atoms with Crippen molar-refractivity contribution in [3.8, 4) is 5.75 Å². The van der Waals surface area contributed by atoms with Crippen molar-refractivity contribution in [3.63, 3.8) is 0 Å². The Kier molecular flexibility index (Phi) is 2.56. The molecule has 0 bridgehead atoms. The number of halogens is 1. The maximum atomic E-state index is 5.65. The quantitative estimate of drug-likeness (QED) is 0.761. The number of epoxide rings is 1. The molecule has 1 fully saturated rings. The molecule has 0 spiro atoms. The van der Waals surface area contributed by atoms with Gasteiger partial charge in [-0.15, -0.1) is 0 Å². The molecular formula is C10H11BrO2. The van der Waals surface area contributed by atoms with Crippen LogP contribution in [0.25, 0.3) is 0 Å². The molecule has 1 saturated heterocycles. The minimum atomic E-state index is 0.154. The van der Waals surface area contributed by atoms with E-state index in [9.17, 15) is 0 Å². The van der Waals surface area contributed by atoms with Gasteiger partial charge in [0.15, 0.2) is 0 Å². The van der Waals surface area contributed by atoms with E-state index in [2.05, 4.69) is 15.9 Å². The highest BCUT2D eigenvalue weighted by molar-refractivity contribution is 9.10. The van der Waals surface area contributed by atoms with E-state index in [0.29, 0.717) is 6.10 Å². The molecule has 13 heavy (non-hydrogen) atoms. The summed E-state index contributed by atoms with van der Waals surface area (Å²) in [6.45, 7) is 2.86. The third-order valence-corrected chi connectivity index (χ3v) is 2.55. The molecule has 0 N–H and O–H groups in total. The van der Waals surface area contributed by atoms with Crippen LogP contribution in [-0.4, -0.2) is 18.8 Å². The van der Waals surface area contributed by atoms with Crippen LogP contribution in [0.4, 0.5) is 0 Å². The van der Waals surface area contributed by atoms with Crippen molar-refractivity contribution in [2.45, 2.75) is 19.1 Å². The van der Waals surface area contributed by atoms with Gasteiger partial charge in [0.05, 0.1) is 6.61 Å². The molecule has 0 aromatic heterocycles. The Morgan fingerprint density at radius 3 is 2.62 bits per heavy atom. The van der Waals surface area contributed by atoms with E-state index < -0.39 is 0 Å². The highest BCUT2D eigenvalue weighted by Gasteiger charge is 2.30. The minimum absolute atomic E-state index is 0.154. The second-order valence-electron chi connectivity index (χ2n) is 3.15. The maximum Gasteiger partial charge on any atom is 0.124 e. The lowest BCUT2D eigenvalue weighted by atomic mass is 10.3. The fourth-order valence-electron chi connectivity index (χ4n) is 1.13. The second-order valence-corrected chi connectivity index (χ2v) is 4.06. The van der Waals surface area contributed by atoms with Gasteiger partial charge in [0.1, 0.15) is 18.0 Å². The molecule has 1 aliphatic heterocycles. The van der Waals surface area contributed by atoms with Crippen molar-refractivity contribution >= 4 is 15.9 Å². The van der Waals surface area contributed by atoms with Crippen LogP contribution in [0.2, 0.25) is 0 Å². The number of ether oxygens (including phenoxy) is 2. The zero-order valence-corrected chi connectivity index (χ0v) is 8.95. The van der Waals surface area contributed by atoms with Crippen LogP contribution in [0.1, 0.15) is 6.92 Å². The van der Waals surface area contributed by atoms with Gasteiger partial charge < -0.3 is 9.47 Å². The van der Waals surface area contributed by atoms with Crippen LogP contribution in [0.15, 0.2) is 28.7 Å². The lowest BCUT2D eigenvalue weighted by molar-refractivity contribution is 0.176. The summed E-state index contributed by atoms with van der Waals surface area (Å²) in [5.41, 5.74) is 0. The number of benzene rings is 1. The van der Waals surface area contributed by atoms with Crippen molar-refractivity contribution in [2.24, 2.45) is 0 Å². The van der Waals surface area contributed by atoms with Gasteiger partial charge >= 0.3 is 0 Å². The molecule has 0 radical (unpaired) electrons. The summed E-state index contributed by atoms with van der Waals surface area (Å²) in [6, 6.07) is 7.83. The van der Waals surface area contributed by atoms with E-state index >= 15 is 0 Å². The number of hydrogen-bond acceptors (Lipinski definition) is 2. The van der Waals surface area contributed by atoms with Crippen LogP contribution < -0.4 is 4.74 Å². The van der Waals surface area contributed by atoms with Crippen molar-refractivity contribution in [3.05, 3.63) is 28.7 Å². The van der Waals surface area contributed by atoms with Crippen molar-refractivity contribution in [1.29, 1.82) is 0 Å². The zero-order chi connectivity index (χ0) is 9.26. The van der Waals surface area contributed by atoms with Gasteiger partial charge in [-0.05, 0) is 31.2 Å². The van der Waals surface area contributed by atoms with E-state index in [4.69, 9.17) is 9.47 Å². The molecule has 0 aliphatic carbocycles. The fraction of sp³-hybridized carbons (Fsp3) is 0.400. The van der Waals surface area contributed by atoms with Crippen LogP contribution in [0, 0.1) is 0 Å². The smallest absolute Gasteiger partial charge is 0.124 e. The van der Waals surface area contributed by atoms with E-state index in [0.717, 1.165) is 16.8 Å². The summed E-state index contributed by atoms with van der Waals surface area (Å²) in [5, 5.41) is 0. The third kappa shape index (κ3) is 2.45. The topological polar surface area (TPSA) is 21.8 Å². The Hall–Kier alpha value is -0.540. The summed E-state index contributed by atoms with van der Waals surface area (Å²) in [7, 11) is 0. The molecule has 1 heterocycles. The molecule has 0 saturated carbocycles. The standard InChI is InChI=1S/C10H11BrO2/c1-7(10-6-12-10)13-9-4-2-8(11)3-5-9/h2-5,7,10H,6H2,1H3/t7-,10+/m1/s1. The lowest BCUT2D eigenvalue weighted by Gasteiger charge is -2.11. The molecule has 3 heteroatoms. The summed E-state index contributed by atoms with van der Waals surface area (Å²) < 4.78 is 11.8. The molecule has 2 atom stereocenters. The Labute approximate surface area is 86.0 Å². The van der Waals surface area contributed by atoms with Crippen molar-refractivity contribution in [1.82, 2.24) is 0 Å². The largest absolute Gasteiger partial charge is 0.488 e. The summed E-state index contributed by atoms with van der Waals surface area (Å²) in [5.74, 6) is 0.895. The Balaban J connectivity index is 1.96. The van der Waals surface area contributed by atoms with Crippen molar-refractivity contribution < 1.29 is 9.47 Å². The molecule has 1 aromatic rings. The monoisotopic (exact) mass is 242 g/mol.